The van der Waals surface area contributed by atoms with Gasteiger partial charge in [0, 0.05) is 37.3 Å². The van der Waals surface area contributed by atoms with Crippen molar-refractivity contribution in [3.05, 3.63) is 58.5 Å². The predicted molar refractivity (Wildman–Crippen MR) is 93.6 cm³/mol. The van der Waals surface area contributed by atoms with Crippen molar-refractivity contribution >= 4 is 18.0 Å². The summed E-state index contributed by atoms with van der Waals surface area (Å²) < 4.78 is 13.0. The first-order valence-electron chi connectivity index (χ1n) is 8.22. The Hall–Kier alpha value is -2.76. The minimum atomic E-state index is -0.363. The van der Waals surface area contributed by atoms with Crippen LogP contribution in [0.15, 0.2) is 30.5 Å². The maximum atomic E-state index is 13.0. The Morgan fingerprint density at radius 2 is 1.84 bits per heavy atom. The molecule has 1 aliphatic rings. The molecule has 25 heavy (non-hydrogen) atoms. The quantitative estimate of drug-likeness (QED) is 0.806. The van der Waals surface area contributed by atoms with E-state index in [0.29, 0.717) is 43.1 Å². The fraction of sp³-hybridized carbons (Fsp3) is 0.316. The van der Waals surface area contributed by atoms with Crippen LogP contribution in [0.5, 0.6) is 0 Å². The molecule has 1 fully saturated rings. The smallest absolute Gasteiger partial charge is 0.254 e. The SMILES string of the molecule is Cc1cc(C)c(C(=O)N2CCN(c3ccc(F)cn3)CC2)cc1C=O. The summed E-state index contributed by atoms with van der Waals surface area (Å²) in [6.45, 7) is 6.13. The molecule has 2 heterocycles. The fourth-order valence-corrected chi connectivity index (χ4v) is 3.09. The van der Waals surface area contributed by atoms with Crippen LogP contribution < -0.4 is 4.90 Å². The van der Waals surface area contributed by atoms with Gasteiger partial charge in [-0.3, -0.25) is 9.59 Å². The van der Waals surface area contributed by atoms with Gasteiger partial charge in [-0.25, -0.2) is 9.37 Å². The molecule has 1 saturated heterocycles. The molecule has 1 aromatic carbocycles. The average molecular weight is 341 g/mol. The standard InChI is InChI=1S/C19H20FN3O2/c1-13-9-14(2)17(10-15(13)12-24)19(25)23-7-5-22(6-8-23)18-4-3-16(20)11-21-18/h3-4,9-12H,5-8H2,1-2H3. The van der Waals surface area contributed by atoms with Crippen LogP contribution in [-0.2, 0) is 0 Å². The number of hydrogen-bond donors (Lipinski definition) is 0. The van der Waals surface area contributed by atoms with Crippen molar-refractivity contribution in [2.45, 2.75) is 13.8 Å². The first-order chi connectivity index (χ1) is 12.0. The lowest BCUT2D eigenvalue weighted by molar-refractivity contribution is 0.0746. The second-order valence-electron chi connectivity index (χ2n) is 6.26. The van der Waals surface area contributed by atoms with Crippen molar-refractivity contribution in [1.29, 1.82) is 0 Å². The third kappa shape index (κ3) is 3.52. The molecule has 0 atom stereocenters. The van der Waals surface area contributed by atoms with Gasteiger partial charge in [-0.15, -0.1) is 0 Å². The number of aldehydes is 1. The Bertz CT molecular complexity index is 797. The van der Waals surface area contributed by atoms with E-state index in [4.69, 9.17) is 0 Å². The van der Waals surface area contributed by atoms with Crippen LogP contribution in [0, 0.1) is 19.7 Å². The summed E-state index contributed by atoms with van der Waals surface area (Å²) in [5.74, 6) is 0.286. The zero-order chi connectivity index (χ0) is 18.0. The molecule has 0 bridgehead atoms. The molecule has 2 aromatic rings. The zero-order valence-corrected chi connectivity index (χ0v) is 14.3. The Morgan fingerprint density at radius 3 is 2.44 bits per heavy atom. The number of halogens is 1. The van der Waals surface area contributed by atoms with Crippen molar-refractivity contribution < 1.29 is 14.0 Å². The van der Waals surface area contributed by atoms with E-state index < -0.39 is 0 Å². The van der Waals surface area contributed by atoms with E-state index in [1.807, 2.05) is 24.8 Å². The molecule has 1 aromatic heterocycles. The van der Waals surface area contributed by atoms with E-state index in [9.17, 15) is 14.0 Å². The lowest BCUT2D eigenvalue weighted by Gasteiger charge is -2.35. The molecule has 0 aliphatic carbocycles. The van der Waals surface area contributed by atoms with E-state index in [0.717, 1.165) is 17.4 Å². The van der Waals surface area contributed by atoms with Crippen LogP contribution in [0.25, 0.3) is 0 Å². The number of carbonyl (C=O) groups is 2. The molecule has 3 rings (SSSR count). The number of benzene rings is 1. The van der Waals surface area contributed by atoms with Crippen molar-refractivity contribution in [1.82, 2.24) is 9.88 Å². The molecule has 0 spiro atoms. The first kappa shape index (κ1) is 17.1. The highest BCUT2D eigenvalue weighted by Gasteiger charge is 2.24. The molecule has 1 aliphatic heterocycles. The highest BCUT2D eigenvalue weighted by molar-refractivity contribution is 5.97. The summed E-state index contributed by atoms with van der Waals surface area (Å²) in [5.41, 5.74) is 2.86. The minimum Gasteiger partial charge on any atom is -0.353 e. The highest BCUT2D eigenvalue weighted by atomic mass is 19.1. The fourth-order valence-electron chi connectivity index (χ4n) is 3.09. The van der Waals surface area contributed by atoms with Crippen molar-refractivity contribution in [3.8, 4) is 0 Å². The Balaban J connectivity index is 1.71. The number of carbonyl (C=O) groups excluding carboxylic acids is 2. The minimum absolute atomic E-state index is 0.0627. The second kappa shape index (κ2) is 7.01. The lowest BCUT2D eigenvalue weighted by atomic mass is 9.99. The molecule has 0 radical (unpaired) electrons. The van der Waals surface area contributed by atoms with E-state index in [1.165, 1.54) is 12.3 Å². The summed E-state index contributed by atoms with van der Waals surface area (Å²) in [5, 5.41) is 0. The van der Waals surface area contributed by atoms with Gasteiger partial charge in [0.1, 0.15) is 17.9 Å². The summed E-state index contributed by atoms with van der Waals surface area (Å²) in [4.78, 5) is 31.9. The Labute approximate surface area is 146 Å². The lowest BCUT2D eigenvalue weighted by Crippen LogP contribution is -2.49. The summed E-state index contributed by atoms with van der Waals surface area (Å²) in [7, 11) is 0. The number of piperazine rings is 1. The highest BCUT2D eigenvalue weighted by Crippen LogP contribution is 2.19. The molecule has 0 N–H and O–H groups in total. The van der Waals surface area contributed by atoms with Gasteiger partial charge in [-0.2, -0.15) is 0 Å². The number of aromatic nitrogens is 1. The summed E-state index contributed by atoms with van der Waals surface area (Å²) >= 11 is 0. The van der Waals surface area contributed by atoms with Crippen molar-refractivity contribution in [2.75, 3.05) is 31.1 Å². The first-order valence-corrected chi connectivity index (χ1v) is 8.22. The molecular formula is C19H20FN3O2. The molecule has 5 nitrogen and oxygen atoms in total. The molecule has 6 heteroatoms. The van der Waals surface area contributed by atoms with Crippen LogP contribution in [0.3, 0.4) is 0 Å². The van der Waals surface area contributed by atoms with Gasteiger partial charge in [0.2, 0.25) is 0 Å². The molecule has 1 amide bonds. The monoisotopic (exact) mass is 341 g/mol. The van der Waals surface area contributed by atoms with Gasteiger partial charge in [-0.05, 0) is 43.2 Å². The van der Waals surface area contributed by atoms with Crippen LogP contribution >= 0.6 is 0 Å². The number of rotatable bonds is 3. The third-order valence-electron chi connectivity index (χ3n) is 4.57. The number of amides is 1. The van der Waals surface area contributed by atoms with Crippen molar-refractivity contribution in [3.63, 3.8) is 0 Å². The normalized spacial score (nSPS) is 14.5. The van der Waals surface area contributed by atoms with Crippen LogP contribution in [0.1, 0.15) is 31.8 Å². The Kier molecular flexibility index (Phi) is 4.79. The van der Waals surface area contributed by atoms with Gasteiger partial charge < -0.3 is 9.80 Å². The van der Waals surface area contributed by atoms with Gasteiger partial charge in [0.15, 0.2) is 0 Å². The number of hydrogen-bond acceptors (Lipinski definition) is 4. The summed E-state index contributed by atoms with van der Waals surface area (Å²) in [6.07, 6.45) is 1.98. The van der Waals surface area contributed by atoms with Crippen molar-refractivity contribution in [2.24, 2.45) is 0 Å². The maximum Gasteiger partial charge on any atom is 0.254 e. The number of pyridine rings is 1. The van der Waals surface area contributed by atoms with E-state index in [1.54, 1.807) is 17.0 Å². The number of nitrogens with zero attached hydrogens (tertiary/aromatic N) is 3. The number of aryl methyl sites for hydroxylation is 2. The third-order valence-corrected chi connectivity index (χ3v) is 4.57. The topological polar surface area (TPSA) is 53.5 Å². The largest absolute Gasteiger partial charge is 0.353 e. The van der Waals surface area contributed by atoms with Crippen LogP contribution in [0.2, 0.25) is 0 Å². The maximum absolute atomic E-state index is 13.0. The molecule has 0 unspecified atom stereocenters. The van der Waals surface area contributed by atoms with Gasteiger partial charge in [-0.1, -0.05) is 6.07 Å². The second-order valence-corrected chi connectivity index (χ2v) is 6.26. The van der Waals surface area contributed by atoms with E-state index in [2.05, 4.69) is 4.98 Å². The predicted octanol–water partition coefficient (Wildman–Crippen LogP) is 2.61. The van der Waals surface area contributed by atoms with Crippen LogP contribution in [-0.4, -0.2) is 48.3 Å². The van der Waals surface area contributed by atoms with Gasteiger partial charge in [0.25, 0.3) is 5.91 Å². The van der Waals surface area contributed by atoms with Gasteiger partial charge in [0.05, 0.1) is 6.20 Å². The average Bonchev–Trinajstić information content (AvgIpc) is 2.62. The zero-order valence-electron chi connectivity index (χ0n) is 14.3. The van der Waals surface area contributed by atoms with Gasteiger partial charge >= 0.3 is 0 Å². The number of anilines is 1. The van der Waals surface area contributed by atoms with Crippen LogP contribution in [0.4, 0.5) is 10.2 Å². The van der Waals surface area contributed by atoms with E-state index in [-0.39, 0.29) is 11.7 Å². The van der Waals surface area contributed by atoms with E-state index >= 15 is 0 Å². The summed E-state index contributed by atoms with van der Waals surface area (Å²) in [6, 6.07) is 6.58. The Morgan fingerprint density at radius 1 is 1.12 bits per heavy atom. The molecular weight excluding hydrogens is 321 g/mol. The molecule has 0 saturated carbocycles. The molecule has 130 valence electrons.